The molecule has 1 saturated carbocycles. The van der Waals surface area contributed by atoms with Gasteiger partial charge in [-0.3, -0.25) is 9.59 Å². The van der Waals surface area contributed by atoms with Crippen LogP contribution in [0.1, 0.15) is 32.6 Å². The van der Waals surface area contributed by atoms with Crippen LogP contribution < -0.4 is 5.32 Å². The smallest absolute Gasteiger partial charge is 0.350 e. The van der Waals surface area contributed by atoms with Crippen LogP contribution in [-0.2, 0) is 9.59 Å². The molecule has 0 aromatic rings. The van der Waals surface area contributed by atoms with Crippen molar-refractivity contribution >= 4 is 27.6 Å². The summed E-state index contributed by atoms with van der Waals surface area (Å²) >= 11 is 3.04. The first-order chi connectivity index (χ1) is 9.65. The van der Waals surface area contributed by atoms with Gasteiger partial charge in [0.1, 0.15) is 0 Å². The normalized spacial score (nSPS) is 26.7. The van der Waals surface area contributed by atoms with Crippen LogP contribution in [0.2, 0.25) is 0 Å². The molecule has 0 radical (unpaired) electrons. The third kappa shape index (κ3) is 4.17. The molecule has 122 valence electrons. The Hall–Kier alpha value is -0.660. The summed E-state index contributed by atoms with van der Waals surface area (Å²) in [6, 6.07) is 0. The van der Waals surface area contributed by atoms with Crippen LogP contribution in [0.25, 0.3) is 0 Å². The van der Waals surface area contributed by atoms with Gasteiger partial charge in [0, 0.05) is 12.0 Å². The van der Waals surface area contributed by atoms with Crippen molar-refractivity contribution in [2.75, 3.05) is 11.9 Å². The SMILES string of the molecule is CC1CCC(CNC(=O)C(F)(F)C(F)F)(C(=O)CBr)CC1. The number of carbonyl (C=O) groups excluding carboxylic acids is 2. The molecule has 0 bridgehead atoms. The molecule has 0 spiro atoms. The first-order valence-electron chi connectivity index (χ1n) is 6.69. The number of hydrogen-bond acceptors (Lipinski definition) is 2. The number of ketones is 1. The zero-order chi connectivity index (χ0) is 16.3. The molecule has 1 N–H and O–H groups in total. The lowest BCUT2D eigenvalue weighted by Crippen LogP contribution is -2.51. The van der Waals surface area contributed by atoms with E-state index in [2.05, 4.69) is 15.9 Å². The van der Waals surface area contributed by atoms with Crippen molar-refractivity contribution in [1.82, 2.24) is 5.32 Å². The predicted octanol–water partition coefficient (Wildman–Crippen LogP) is 3.16. The summed E-state index contributed by atoms with van der Waals surface area (Å²) in [5, 5.41) is 1.88. The molecule has 3 nitrogen and oxygen atoms in total. The van der Waals surface area contributed by atoms with E-state index in [1.807, 2.05) is 12.2 Å². The van der Waals surface area contributed by atoms with Crippen molar-refractivity contribution in [3.8, 4) is 0 Å². The molecule has 1 rings (SSSR count). The van der Waals surface area contributed by atoms with Crippen LogP contribution >= 0.6 is 15.9 Å². The summed E-state index contributed by atoms with van der Waals surface area (Å²) in [5.41, 5.74) is -0.941. The van der Waals surface area contributed by atoms with Crippen molar-refractivity contribution in [2.45, 2.75) is 45.0 Å². The van der Waals surface area contributed by atoms with Gasteiger partial charge < -0.3 is 5.32 Å². The fourth-order valence-corrected chi connectivity index (χ4v) is 3.07. The van der Waals surface area contributed by atoms with Crippen LogP contribution in [0.4, 0.5) is 17.6 Å². The van der Waals surface area contributed by atoms with Gasteiger partial charge in [0.15, 0.2) is 5.78 Å². The molecule has 21 heavy (non-hydrogen) atoms. The van der Waals surface area contributed by atoms with E-state index in [9.17, 15) is 27.2 Å². The summed E-state index contributed by atoms with van der Waals surface area (Å²) in [4.78, 5) is 23.3. The highest BCUT2D eigenvalue weighted by molar-refractivity contribution is 9.09. The number of rotatable bonds is 6. The standard InChI is InChI=1S/C13H18BrF4NO2/c1-8-2-4-12(5-3-8,9(20)6-14)7-19-11(21)13(17,18)10(15)16/h8,10H,2-7H2,1H3,(H,19,21). The zero-order valence-electron chi connectivity index (χ0n) is 11.6. The Kier molecular flexibility index (Phi) is 6.19. The van der Waals surface area contributed by atoms with Gasteiger partial charge in [-0.15, -0.1) is 0 Å². The molecule has 8 heteroatoms. The number of nitrogens with one attached hydrogen (secondary N) is 1. The van der Waals surface area contributed by atoms with Crippen molar-refractivity contribution in [3.05, 3.63) is 0 Å². The van der Waals surface area contributed by atoms with Gasteiger partial charge in [-0.05, 0) is 31.6 Å². The maximum atomic E-state index is 12.9. The molecule has 1 amide bonds. The van der Waals surface area contributed by atoms with E-state index in [0.29, 0.717) is 18.8 Å². The topological polar surface area (TPSA) is 46.2 Å². The first kappa shape index (κ1) is 18.4. The average molecular weight is 376 g/mol. The molecular weight excluding hydrogens is 358 g/mol. The minimum Gasteiger partial charge on any atom is -0.350 e. The van der Waals surface area contributed by atoms with Crippen LogP contribution in [0.5, 0.6) is 0 Å². The number of hydrogen-bond donors (Lipinski definition) is 1. The van der Waals surface area contributed by atoms with Crippen LogP contribution in [0.3, 0.4) is 0 Å². The minimum atomic E-state index is -4.74. The molecule has 1 fully saturated rings. The highest BCUT2D eigenvalue weighted by atomic mass is 79.9. The number of carbonyl (C=O) groups is 2. The molecule has 0 saturated heterocycles. The van der Waals surface area contributed by atoms with E-state index in [4.69, 9.17) is 0 Å². The van der Waals surface area contributed by atoms with Gasteiger partial charge >= 0.3 is 12.3 Å². The summed E-state index contributed by atoms with van der Waals surface area (Å²) < 4.78 is 50.0. The summed E-state index contributed by atoms with van der Waals surface area (Å²) in [6.45, 7) is 1.69. The molecule has 1 aliphatic carbocycles. The Labute approximate surface area is 129 Å². The monoisotopic (exact) mass is 375 g/mol. The number of halogens is 5. The van der Waals surface area contributed by atoms with Crippen LogP contribution in [0.15, 0.2) is 0 Å². The molecule has 0 aliphatic heterocycles. The second kappa shape index (κ2) is 7.07. The lowest BCUT2D eigenvalue weighted by molar-refractivity contribution is -0.170. The van der Waals surface area contributed by atoms with E-state index in [1.54, 1.807) is 0 Å². The number of Topliss-reactive ketones (excluding diaryl/α,β-unsaturated/α-hetero) is 1. The van der Waals surface area contributed by atoms with Crippen LogP contribution in [0, 0.1) is 11.3 Å². The van der Waals surface area contributed by atoms with E-state index in [0.717, 1.165) is 12.8 Å². The highest BCUT2D eigenvalue weighted by Gasteiger charge is 2.50. The Bertz CT molecular complexity index is 396. The third-order valence-corrected chi connectivity index (χ3v) is 4.62. The average Bonchev–Trinajstić information content (AvgIpc) is 2.45. The van der Waals surface area contributed by atoms with Crippen molar-refractivity contribution in [1.29, 1.82) is 0 Å². The number of alkyl halides is 5. The maximum Gasteiger partial charge on any atom is 0.383 e. The second-order valence-electron chi connectivity index (χ2n) is 5.63. The Morgan fingerprint density at radius 3 is 2.29 bits per heavy atom. The minimum absolute atomic E-state index is 0.0441. The summed E-state index contributed by atoms with van der Waals surface area (Å²) in [7, 11) is 0. The molecule has 0 aromatic heterocycles. The predicted molar refractivity (Wildman–Crippen MR) is 72.8 cm³/mol. The van der Waals surface area contributed by atoms with Gasteiger partial charge in [0.2, 0.25) is 0 Å². The highest BCUT2D eigenvalue weighted by Crippen LogP contribution is 2.40. The fraction of sp³-hybridized carbons (Fsp3) is 0.846. The van der Waals surface area contributed by atoms with Gasteiger partial charge in [0.25, 0.3) is 5.91 Å². The third-order valence-electron chi connectivity index (χ3n) is 4.11. The lowest BCUT2D eigenvalue weighted by Gasteiger charge is -2.38. The number of amides is 1. The van der Waals surface area contributed by atoms with Gasteiger partial charge in [-0.1, -0.05) is 22.9 Å². The Morgan fingerprint density at radius 2 is 1.86 bits per heavy atom. The van der Waals surface area contributed by atoms with Crippen LogP contribution in [-0.4, -0.2) is 35.9 Å². The van der Waals surface area contributed by atoms with E-state index >= 15 is 0 Å². The van der Waals surface area contributed by atoms with Gasteiger partial charge in [-0.2, -0.15) is 8.78 Å². The molecule has 0 atom stereocenters. The largest absolute Gasteiger partial charge is 0.383 e. The van der Waals surface area contributed by atoms with Crippen molar-refractivity contribution in [3.63, 3.8) is 0 Å². The first-order valence-corrected chi connectivity index (χ1v) is 7.81. The van der Waals surface area contributed by atoms with E-state index in [1.165, 1.54) is 0 Å². The van der Waals surface area contributed by atoms with Gasteiger partial charge in [-0.25, -0.2) is 8.78 Å². The van der Waals surface area contributed by atoms with Crippen molar-refractivity contribution < 1.29 is 27.2 Å². The zero-order valence-corrected chi connectivity index (χ0v) is 13.2. The molecule has 0 aromatic carbocycles. The quantitative estimate of drug-likeness (QED) is 0.572. The molecule has 0 unspecified atom stereocenters. The summed E-state index contributed by atoms with van der Waals surface area (Å²) in [5.74, 6) is -6.55. The fourth-order valence-electron chi connectivity index (χ4n) is 2.48. The Morgan fingerprint density at radius 1 is 1.33 bits per heavy atom. The van der Waals surface area contributed by atoms with E-state index < -0.39 is 23.7 Å². The van der Waals surface area contributed by atoms with Crippen molar-refractivity contribution in [2.24, 2.45) is 11.3 Å². The second-order valence-corrected chi connectivity index (χ2v) is 6.19. The molecular formula is C13H18BrF4NO2. The van der Waals surface area contributed by atoms with E-state index in [-0.39, 0.29) is 17.7 Å². The summed E-state index contributed by atoms with van der Waals surface area (Å²) in [6.07, 6.45) is -1.68. The van der Waals surface area contributed by atoms with Gasteiger partial charge in [0.05, 0.1) is 5.33 Å². The molecule has 1 aliphatic rings. The molecule has 0 heterocycles. The lowest BCUT2D eigenvalue weighted by atomic mass is 9.68. The maximum absolute atomic E-state index is 12.9. The Balaban J connectivity index is 2.76.